The molecule has 0 N–H and O–H groups in total. The molecule has 0 saturated heterocycles. The SMILES string of the molecule is CCCOc1ccc2cc(-c3ccc(Cl)cc3)c(=O)oc2c1. The molecular weight excluding hydrogens is 300 g/mol. The average molecular weight is 315 g/mol. The minimum Gasteiger partial charge on any atom is -0.493 e. The lowest BCUT2D eigenvalue weighted by molar-refractivity contribution is 0.317. The molecule has 0 atom stereocenters. The molecule has 0 aliphatic rings. The summed E-state index contributed by atoms with van der Waals surface area (Å²) in [6.45, 7) is 2.68. The Morgan fingerprint density at radius 3 is 2.59 bits per heavy atom. The van der Waals surface area contributed by atoms with Crippen LogP contribution in [-0.2, 0) is 0 Å². The van der Waals surface area contributed by atoms with E-state index < -0.39 is 0 Å². The summed E-state index contributed by atoms with van der Waals surface area (Å²) in [7, 11) is 0. The zero-order valence-corrected chi connectivity index (χ0v) is 12.9. The molecule has 4 heteroatoms. The maximum atomic E-state index is 12.2. The molecule has 0 saturated carbocycles. The van der Waals surface area contributed by atoms with Crippen molar-refractivity contribution in [2.45, 2.75) is 13.3 Å². The van der Waals surface area contributed by atoms with E-state index in [0.29, 0.717) is 28.5 Å². The van der Waals surface area contributed by atoms with Crippen LogP contribution in [0.25, 0.3) is 22.1 Å². The third-order valence-corrected chi connectivity index (χ3v) is 3.59. The van der Waals surface area contributed by atoms with Gasteiger partial charge in [0, 0.05) is 16.5 Å². The summed E-state index contributed by atoms with van der Waals surface area (Å²) in [6.07, 6.45) is 0.928. The quantitative estimate of drug-likeness (QED) is 0.643. The van der Waals surface area contributed by atoms with Crippen molar-refractivity contribution in [3.63, 3.8) is 0 Å². The second-order valence-electron chi connectivity index (χ2n) is 5.00. The van der Waals surface area contributed by atoms with Gasteiger partial charge in [0.1, 0.15) is 11.3 Å². The third kappa shape index (κ3) is 3.00. The van der Waals surface area contributed by atoms with E-state index in [2.05, 4.69) is 0 Å². The average Bonchev–Trinajstić information content (AvgIpc) is 2.53. The molecule has 0 aliphatic carbocycles. The number of benzene rings is 2. The van der Waals surface area contributed by atoms with Crippen LogP contribution in [0.5, 0.6) is 5.75 Å². The van der Waals surface area contributed by atoms with Gasteiger partial charge in [-0.25, -0.2) is 4.79 Å². The lowest BCUT2D eigenvalue weighted by Crippen LogP contribution is -2.03. The van der Waals surface area contributed by atoms with E-state index in [-0.39, 0.29) is 5.63 Å². The van der Waals surface area contributed by atoms with Crippen LogP contribution in [0.3, 0.4) is 0 Å². The molecule has 112 valence electrons. The van der Waals surface area contributed by atoms with Crippen LogP contribution in [-0.4, -0.2) is 6.61 Å². The fourth-order valence-corrected chi connectivity index (χ4v) is 2.36. The van der Waals surface area contributed by atoms with Crippen molar-refractivity contribution in [3.05, 3.63) is 64.0 Å². The van der Waals surface area contributed by atoms with E-state index in [0.717, 1.165) is 17.4 Å². The predicted molar refractivity (Wildman–Crippen MR) is 88.7 cm³/mol. The lowest BCUT2D eigenvalue weighted by Gasteiger charge is -2.06. The van der Waals surface area contributed by atoms with Gasteiger partial charge in [-0.05, 0) is 42.3 Å². The molecule has 3 nitrogen and oxygen atoms in total. The van der Waals surface area contributed by atoms with Crippen LogP contribution in [0.4, 0.5) is 0 Å². The Morgan fingerprint density at radius 1 is 1.09 bits per heavy atom. The molecule has 3 rings (SSSR count). The monoisotopic (exact) mass is 314 g/mol. The molecule has 0 spiro atoms. The van der Waals surface area contributed by atoms with Crippen molar-refractivity contribution in [1.82, 2.24) is 0 Å². The van der Waals surface area contributed by atoms with Crippen LogP contribution < -0.4 is 10.4 Å². The summed E-state index contributed by atoms with van der Waals surface area (Å²) in [5.74, 6) is 0.705. The van der Waals surface area contributed by atoms with Crippen LogP contribution >= 0.6 is 11.6 Å². The first kappa shape index (κ1) is 14.7. The molecule has 1 aromatic heterocycles. The Hall–Kier alpha value is -2.26. The van der Waals surface area contributed by atoms with E-state index >= 15 is 0 Å². The van der Waals surface area contributed by atoms with E-state index in [9.17, 15) is 4.79 Å². The van der Waals surface area contributed by atoms with E-state index in [1.165, 1.54) is 0 Å². The molecule has 0 unspecified atom stereocenters. The Bertz CT molecular complexity index is 850. The van der Waals surface area contributed by atoms with Gasteiger partial charge >= 0.3 is 5.63 Å². The second kappa shape index (κ2) is 6.24. The fraction of sp³-hybridized carbons (Fsp3) is 0.167. The molecule has 0 amide bonds. The van der Waals surface area contributed by atoms with Crippen molar-refractivity contribution >= 4 is 22.6 Å². The van der Waals surface area contributed by atoms with Crippen LogP contribution in [0.1, 0.15) is 13.3 Å². The predicted octanol–water partition coefficient (Wildman–Crippen LogP) is 4.90. The summed E-state index contributed by atoms with van der Waals surface area (Å²) < 4.78 is 11.0. The van der Waals surface area contributed by atoms with Gasteiger partial charge in [0.05, 0.1) is 12.2 Å². The van der Waals surface area contributed by atoms with Gasteiger partial charge in [0.15, 0.2) is 0 Å². The summed E-state index contributed by atoms with van der Waals surface area (Å²) in [5, 5.41) is 1.49. The van der Waals surface area contributed by atoms with E-state index in [1.807, 2.05) is 25.1 Å². The molecule has 0 aliphatic heterocycles. The van der Waals surface area contributed by atoms with Crippen molar-refractivity contribution in [3.8, 4) is 16.9 Å². The molecule has 0 fully saturated rings. The van der Waals surface area contributed by atoms with Crippen molar-refractivity contribution < 1.29 is 9.15 Å². The largest absolute Gasteiger partial charge is 0.493 e. The highest BCUT2D eigenvalue weighted by molar-refractivity contribution is 6.30. The Balaban J connectivity index is 2.05. The third-order valence-electron chi connectivity index (χ3n) is 3.34. The highest BCUT2D eigenvalue weighted by Crippen LogP contribution is 2.25. The molecule has 1 heterocycles. The number of fused-ring (bicyclic) bond motifs is 1. The first-order chi connectivity index (χ1) is 10.7. The van der Waals surface area contributed by atoms with Gasteiger partial charge in [0.25, 0.3) is 0 Å². The normalized spacial score (nSPS) is 10.8. The Kier molecular flexibility index (Phi) is 4.16. The number of halogens is 1. The minimum atomic E-state index is -0.373. The molecular formula is C18H15ClO3. The van der Waals surface area contributed by atoms with Crippen molar-refractivity contribution in [2.75, 3.05) is 6.61 Å². The van der Waals surface area contributed by atoms with Crippen molar-refractivity contribution in [2.24, 2.45) is 0 Å². The zero-order chi connectivity index (χ0) is 15.5. The van der Waals surface area contributed by atoms with Crippen LogP contribution in [0.15, 0.2) is 57.7 Å². The Morgan fingerprint density at radius 2 is 1.86 bits per heavy atom. The van der Waals surface area contributed by atoms with Gasteiger partial charge in [-0.1, -0.05) is 30.7 Å². The smallest absolute Gasteiger partial charge is 0.344 e. The Labute approximate surface area is 133 Å². The van der Waals surface area contributed by atoms with Gasteiger partial charge in [-0.3, -0.25) is 0 Å². The zero-order valence-electron chi connectivity index (χ0n) is 12.1. The summed E-state index contributed by atoms with van der Waals surface area (Å²) in [5.41, 5.74) is 1.46. The topological polar surface area (TPSA) is 39.4 Å². The van der Waals surface area contributed by atoms with Gasteiger partial charge in [-0.2, -0.15) is 0 Å². The first-order valence-electron chi connectivity index (χ1n) is 7.14. The molecule has 0 bridgehead atoms. The summed E-state index contributed by atoms with van der Waals surface area (Å²) in [6, 6.07) is 14.5. The van der Waals surface area contributed by atoms with E-state index in [1.54, 1.807) is 30.3 Å². The highest BCUT2D eigenvalue weighted by Gasteiger charge is 2.08. The first-order valence-corrected chi connectivity index (χ1v) is 7.52. The maximum absolute atomic E-state index is 12.2. The number of rotatable bonds is 4. The lowest BCUT2D eigenvalue weighted by atomic mass is 10.1. The number of ether oxygens (including phenoxy) is 1. The van der Waals surface area contributed by atoms with Gasteiger partial charge in [0.2, 0.25) is 0 Å². The summed E-state index contributed by atoms with van der Waals surface area (Å²) >= 11 is 5.88. The number of hydrogen-bond donors (Lipinski definition) is 0. The van der Waals surface area contributed by atoms with Crippen molar-refractivity contribution in [1.29, 1.82) is 0 Å². The fourth-order valence-electron chi connectivity index (χ4n) is 2.23. The summed E-state index contributed by atoms with van der Waals surface area (Å²) in [4.78, 5) is 12.2. The minimum absolute atomic E-state index is 0.373. The maximum Gasteiger partial charge on any atom is 0.344 e. The molecule has 0 radical (unpaired) electrons. The standard InChI is InChI=1S/C18H15ClO3/c1-2-9-21-15-8-5-13-10-16(18(20)22-17(13)11-15)12-3-6-14(19)7-4-12/h3-8,10-11H,2,9H2,1H3. The molecule has 22 heavy (non-hydrogen) atoms. The van der Waals surface area contributed by atoms with Gasteiger partial charge in [-0.15, -0.1) is 0 Å². The van der Waals surface area contributed by atoms with Gasteiger partial charge < -0.3 is 9.15 Å². The van der Waals surface area contributed by atoms with Crippen LogP contribution in [0.2, 0.25) is 5.02 Å². The van der Waals surface area contributed by atoms with E-state index in [4.69, 9.17) is 20.8 Å². The molecule has 3 aromatic rings. The second-order valence-corrected chi connectivity index (χ2v) is 5.44. The number of hydrogen-bond acceptors (Lipinski definition) is 3. The molecule has 2 aromatic carbocycles. The van der Waals surface area contributed by atoms with Crippen LogP contribution in [0, 0.1) is 0 Å². The highest BCUT2D eigenvalue weighted by atomic mass is 35.5.